The Bertz CT molecular complexity index is 975. The molecule has 0 spiro atoms. The van der Waals surface area contributed by atoms with Gasteiger partial charge >= 0.3 is 0 Å². The molecule has 0 N–H and O–H groups in total. The van der Waals surface area contributed by atoms with E-state index in [0.717, 1.165) is 41.6 Å². The largest absolute Gasteiger partial charge is 0.493 e. The Kier molecular flexibility index (Phi) is 8.30. The summed E-state index contributed by atoms with van der Waals surface area (Å²) in [5.74, 6) is 3.39. The second kappa shape index (κ2) is 11.1. The Morgan fingerprint density at radius 3 is 2.65 bits per heavy atom. The van der Waals surface area contributed by atoms with Crippen LogP contribution in [0.5, 0.6) is 11.5 Å². The summed E-state index contributed by atoms with van der Waals surface area (Å²) in [6.45, 7) is 5.47. The van der Waals surface area contributed by atoms with Gasteiger partial charge in [0.15, 0.2) is 28.3 Å². The van der Waals surface area contributed by atoms with Gasteiger partial charge in [-0.1, -0.05) is 23.8 Å². The third-order valence-electron chi connectivity index (χ3n) is 4.68. The van der Waals surface area contributed by atoms with Gasteiger partial charge in [0.25, 0.3) is 0 Å². The molecule has 0 saturated heterocycles. The maximum absolute atomic E-state index is 5.45. The molecule has 0 radical (unpaired) electrons. The minimum atomic E-state index is -0.0539. The lowest BCUT2D eigenvalue weighted by molar-refractivity contribution is 0.189. The summed E-state index contributed by atoms with van der Waals surface area (Å²) in [5.41, 5.74) is 0.894. The highest BCUT2D eigenvalue weighted by Crippen LogP contribution is 2.36. The molecule has 2 aromatic heterocycles. The summed E-state index contributed by atoms with van der Waals surface area (Å²) in [5, 5.41) is 13.7. The van der Waals surface area contributed by atoms with Crippen LogP contribution in [0.3, 0.4) is 0 Å². The number of hydrogen-bond donors (Lipinski definition) is 0. The van der Waals surface area contributed by atoms with Crippen molar-refractivity contribution in [2.75, 3.05) is 27.9 Å². The SMILES string of the molecule is CCCc1noc([C@@H](C)Sc2nnc(-c3ccc(OC)c(OC)c3)n2CCCOC)n1. The van der Waals surface area contributed by atoms with Crippen molar-refractivity contribution < 1.29 is 18.7 Å². The first-order valence-electron chi connectivity index (χ1n) is 10.2. The minimum Gasteiger partial charge on any atom is -0.493 e. The number of ether oxygens (including phenoxy) is 3. The first kappa shape index (κ1) is 23.1. The van der Waals surface area contributed by atoms with Crippen LogP contribution in [0.25, 0.3) is 11.4 Å². The fourth-order valence-corrected chi connectivity index (χ4v) is 4.01. The van der Waals surface area contributed by atoms with Crippen molar-refractivity contribution in [2.24, 2.45) is 0 Å². The number of benzene rings is 1. The van der Waals surface area contributed by atoms with E-state index in [1.165, 1.54) is 0 Å². The van der Waals surface area contributed by atoms with Crippen LogP contribution in [0, 0.1) is 0 Å². The third-order valence-corrected chi connectivity index (χ3v) is 5.74. The predicted molar refractivity (Wildman–Crippen MR) is 118 cm³/mol. The average molecular weight is 448 g/mol. The molecular weight excluding hydrogens is 418 g/mol. The summed E-state index contributed by atoms with van der Waals surface area (Å²) < 4.78 is 23.6. The van der Waals surface area contributed by atoms with Gasteiger partial charge in [-0.15, -0.1) is 10.2 Å². The molecule has 0 amide bonds. The van der Waals surface area contributed by atoms with E-state index in [1.807, 2.05) is 25.1 Å². The van der Waals surface area contributed by atoms with Gasteiger partial charge in [0.1, 0.15) is 0 Å². The zero-order valence-corrected chi connectivity index (χ0v) is 19.4. The number of thioether (sulfide) groups is 1. The summed E-state index contributed by atoms with van der Waals surface area (Å²) in [6, 6.07) is 5.72. The number of hydrogen-bond acceptors (Lipinski definition) is 9. The normalized spacial score (nSPS) is 12.2. The van der Waals surface area contributed by atoms with Crippen molar-refractivity contribution in [3.63, 3.8) is 0 Å². The molecule has 2 heterocycles. The molecule has 31 heavy (non-hydrogen) atoms. The van der Waals surface area contributed by atoms with Crippen molar-refractivity contribution in [3.8, 4) is 22.9 Å². The van der Waals surface area contributed by atoms with Gasteiger partial charge in [-0.3, -0.25) is 0 Å². The van der Waals surface area contributed by atoms with E-state index in [9.17, 15) is 0 Å². The van der Waals surface area contributed by atoms with Gasteiger partial charge in [0.05, 0.1) is 19.5 Å². The summed E-state index contributed by atoms with van der Waals surface area (Å²) >= 11 is 1.54. The number of aromatic nitrogens is 5. The van der Waals surface area contributed by atoms with Crippen LogP contribution in [0.15, 0.2) is 27.9 Å². The van der Waals surface area contributed by atoms with Crippen LogP contribution in [0.1, 0.15) is 43.7 Å². The van der Waals surface area contributed by atoms with Gasteiger partial charge in [0.2, 0.25) is 5.89 Å². The fourth-order valence-electron chi connectivity index (χ4n) is 3.10. The second-order valence-electron chi connectivity index (χ2n) is 6.93. The van der Waals surface area contributed by atoms with Crippen molar-refractivity contribution in [1.29, 1.82) is 0 Å². The number of aryl methyl sites for hydroxylation is 1. The Balaban J connectivity index is 1.89. The van der Waals surface area contributed by atoms with E-state index in [1.54, 1.807) is 33.1 Å². The molecule has 168 valence electrons. The molecule has 1 atom stereocenters. The van der Waals surface area contributed by atoms with Crippen molar-refractivity contribution in [1.82, 2.24) is 24.9 Å². The second-order valence-corrected chi connectivity index (χ2v) is 8.24. The molecular formula is C21H29N5O4S. The van der Waals surface area contributed by atoms with Crippen LogP contribution in [0.4, 0.5) is 0 Å². The first-order chi connectivity index (χ1) is 15.1. The van der Waals surface area contributed by atoms with Gasteiger partial charge in [-0.05, 0) is 38.0 Å². The third kappa shape index (κ3) is 5.56. The molecule has 0 aliphatic rings. The lowest BCUT2D eigenvalue weighted by Gasteiger charge is -2.13. The Morgan fingerprint density at radius 1 is 1.13 bits per heavy atom. The molecule has 0 fully saturated rings. The standard InChI is InChI=1S/C21H29N5O4S/c1-6-8-18-22-20(30-25-18)14(2)31-21-24-23-19(26(21)11-7-12-27-3)15-9-10-16(28-4)17(13-15)29-5/h9-10,13-14H,6-8,11-12H2,1-5H3/t14-/m1/s1. The smallest absolute Gasteiger partial charge is 0.239 e. The number of methoxy groups -OCH3 is 3. The zero-order valence-electron chi connectivity index (χ0n) is 18.6. The zero-order chi connectivity index (χ0) is 22.2. The highest BCUT2D eigenvalue weighted by atomic mass is 32.2. The Hall–Kier alpha value is -2.59. The predicted octanol–water partition coefficient (Wildman–Crippen LogP) is 4.19. The van der Waals surface area contributed by atoms with Crippen LogP contribution < -0.4 is 9.47 Å². The molecule has 0 bridgehead atoms. The average Bonchev–Trinajstić information content (AvgIpc) is 3.41. The molecule has 0 aliphatic heterocycles. The molecule has 3 rings (SSSR count). The topological polar surface area (TPSA) is 97.3 Å². The van der Waals surface area contributed by atoms with Crippen molar-refractivity contribution in [2.45, 2.75) is 50.1 Å². The quantitative estimate of drug-likeness (QED) is 0.299. The maximum atomic E-state index is 5.45. The molecule has 9 nitrogen and oxygen atoms in total. The fraction of sp³-hybridized carbons (Fsp3) is 0.524. The monoisotopic (exact) mass is 447 g/mol. The highest BCUT2D eigenvalue weighted by molar-refractivity contribution is 7.99. The van der Waals surface area contributed by atoms with Crippen LogP contribution in [0.2, 0.25) is 0 Å². The molecule has 0 saturated carbocycles. The highest BCUT2D eigenvalue weighted by Gasteiger charge is 2.22. The minimum absolute atomic E-state index is 0.0539. The number of rotatable bonds is 12. The molecule has 0 unspecified atom stereocenters. The summed E-state index contributed by atoms with van der Waals surface area (Å²) in [7, 11) is 4.93. The number of nitrogens with zero attached hydrogens (tertiary/aromatic N) is 5. The van der Waals surface area contributed by atoms with Crippen LogP contribution in [-0.4, -0.2) is 52.8 Å². The lowest BCUT2D eigenvalue weighted by Crippen LogP contribution is -2.06. The van der Waals surface area contributed by atoms with Gasteiger partial charge in [-0.25, -0.2) is 0 Å². The van der Waals surface area contributed by atoms with Gasteiger partial charge in [0, 0.05) is 32.2 Å². The van der Waals surface area contributed by atoms with Gasteiger partial charge < -0.3 is 23.3 Å². The molecule has 1 aromatic carbocycles. The molecule has 0 aliphatic carbocycles. The van der Waals surface area contributed by atoms with E-state index in [2.05, 4.69) is 31.8 Å². The lowest BCUT2D eigenvalue weighted by atomic mass is 10.2. The van der Waals surface area contributed by atoms with Crippen LogP contribution >= 0.6 is 11.8 Å². The van der Waals surface area contributed by atoms with Crippen molar-refractivity contribution in [3.05, 3.63) is 29.9 Å². The summed E-state index contributed by atoms with van der Waals surface area (Å²) in [4.78, 5) is 4.50. The Labute approximate surface area is 186 Å². The van der Waals surface area contributed by atoms with Crippen LogP contribution in [-0.2, 0) is 17.7 Å². The van der Waals surface area contributed by atoms with Gasteiger partial charge in [-0.2, -0.15) is 4.98 Å². The first-order valence-corrected chi connectivity index (χ1v) is 11.1. The van der Waals surface area contributed by atoms with E-state index < -0.39 is 0 Å². The van der Waals surface area contributed by atoms with E-state index in [0.29, 0.717) is 30.5 Å². The van der Waals surface area contributed by atoms with E-state index in [4.69, 9.17) is 18.7 Å². The molecule has 10 heteroatoms. The van der Waals surface area contributed by atoms with E-state index in [-0.39, 0.29) is 5.25 Å². The molecule has 3 aromatic rings. The summed E-state index contributed by atoms with van der Waals surface area (Å²) in [6.07, 6.45) is 2.61. The van der Waals surface area contributed by atoms with Crippen molar-refractivity contribution >= 4 is 11.8 Å². The van der Waals surface area contributed by atoms with E-state index >= 15 is 0 Å². The Morgan fingerprint density at radius 2 is 1.94 bits per heavy atom. The maximum Gasteiger partial charge on any atom is 0.239 e.